The van der Waals surface area contributed by atoms with Crippen molar-refractivity contribution in [1.29, 1.82) is 0 Å². The summed E-state index contributed by atoms with van der Waals surface area (Å²) in [7, 11) is 0. The number of carbonyl (C=O) groups is 2. The van der Waals surface area contributed by atoms with E-state index in [0.717, 1.165) is 4.90 Å². The van der Waals surface area contributed by atoms with Crippen LogP contribution >= 0.6 is 11.8 Å². The summed E-state index contributed by atoms with van der Waals surface area (Å²) in [6.07, 6.45) is 0.252. The van der Waals surface area contributed by atoms with Gasteiger partial charge in [-0.05, 0) is 43.3 Å². The summed E-state index contributed by atoms with van der Waals surface area (Å²) in [5, 5.41) is 2.84. The summed E-state index contributed by atoms with van der Waals surface area (Å²) in [4.78, 5) is 27.2. The van der Waals surface area contributed by atoms with E-state index in [9.17, 15) is 14.0 Å². The maximum Gasteiger partial charge on any atom is 0.237 e. The molecule has 24 heavy (non-hydrogen) atoms. The number of fused-ring (bicyclic) bond motifs is 1. The molecule has 0 radical (unpaired) electrons. The molecule has 1 heterocycles. The summed E-state index contributed by atoms with van der Waals surface area (Å²) < 4.78 is 13.0. The Morgan fingerprint density at radius 2 is 1.96 bits per heavy atom. The van der Waals surface area contributed by atoms with Gasteiger partial charge in [0.1, 0.15) is 5.82 Å². The first kappa shape index (κ1) is 16.5. The highest BCUT2D eigenvalue weighted by atomic mass is 32.2. The number of para-hydroxylation sites is 2. The molecule has 3 rings (SSSR count). The van der Waals surface area contributed by atoms with Crippen LogP contribution in [0.4, 0.5) is 15.8 Å². The number of carbonyl (C=O) groups excluding carboxylic acids is 2. The zero-order valence-corrected chi connectivity index (χ0v) is 14.0. The van der Waals surface area contributed by atoms with Crippen molar-refractivity contribution in [3.8, 4) is 0 Å². The average Bonchev–Trinajstić information content (AvgIpc) is 2.68. The molecule has 0 aromatic heterocycles. The topological polar surface area (TPSA) is 49.4 Å². The number of hydrogen-bond acceptors (Lipinski definition) is 3. The van der Waals surface area contributed by atoms with E-state index < -0.39 is 0 Å². The lowest BCUT2D eigenvalue weighted by Crippen LogP contribution is -2.40. The molecule has 1 aliphatic rings. The third kappa shape index (κ3) is 3.59. The Bertz CT molecular complexity index is 764. The number of anilines is 2. The maximum atomic E-state index is 13.0. The minimum atomic E-state index is -0.301. The smallest absolute Gasteiger partial charge is 0.237 e. The lowest BCUT2D eigenvalue weighted by molar-refractivity contribution is -0.117. The van der Waals surface area contributed by atoms with Gasteiger partial charge in [-0.25, -0.2) is 4.39 Å². The highest BCUT2D eigenvalue weighted by molar-refractivity contribution is 8.00. The van der Waals surface area contributed by atoms with Crippen LogP contribution < -0.4 is 10.2 Å². The first-order valence-corrected chi connectivity index (χ1v) is 8.62. The molecule has 1 atom stereocenters. The fourth-order valence-electron chi connectivity index (χ4n) is 2.71. The molecular weight excluding hydrogens is 327 g/mol. The van der Waals surface area contributed by atoms with E-state index in [1.165, 1.54) is 23.9 Å². The maximum absolute atomic E-state index is 13.0. The van der Waals surface area contributed by atoms with Crippen molar-refractivity contribution < 1.29 is 14.0 Å². The fraction of sp³-hybridized carbons (Fsp3) is 0.222. The van der Waals surface area contributed by atoms with Gasteiger partial charge in [-0.15, -0.1) is 11.8 Å². The van der Waals surface area contributed by atoms with Gasteiger partial charge in [-0.2, -0.15) is 0 Å². The third-order valence-corrected chi connectivity index (χ3v) is 4.80. The van der Waals surface area contributed by atoms with Crippen LogP contribution in [-0.2, 0) is 9.59 Å². The Labute approximate surface area is 144 Å². The highest BCUT2D eigenvalue weighted by Gasteiger charge is 2.29. The second kappa shape index (κ2) is 7.05. The van der Waals surface area contributed by atoms with Crippen LogP contribution in [-0.4, -0.2) is 23.6 Å². The minimum absolute atomic E-state index is 0.0826. The molecule has 0 bridgehead atoms. The van der Waals surface area contributed by atoms with Gasteiger partial charge < -0.3 is 10.2 Å². The summed E-state index contributed by atoms with van der Waals surface area (Å²) in [5.41, 5.74) is 1.35. The Balaban J connectivity index is 1.79. The lowest BCUT2D eigenvalue weighted by Gasteiger charge is -2.27. The van der Waals surface area contributed by atoms with Crippen LogP contribution in [0.25, 0.3) is 0 Å². The number of nitrogens with zero attached hydrogens (tertiary/aromatic N) is 1. The van der Waals surface area contributed by atoms with E-state index in [2.05, 4.69) is 5.32 Å². The summed E-state index contributed by atoms with van der Waals surface area (Å²) in [5.74, 6) is -0.263. The van der Waals surface area contributed by atoms with E-state index in [-0.39, 0.29) is 35.8 Å². The van der Waals surface area contributed by atoms with Gasteiger partial charge in [0.25, 0.3) is 0 Å². The molecule has 0 spiro atoms. The van der Waals surface area contributed by atoms with Crippen LogP contribution in [0.15, 0.2) is 53.4 Å². The Morgan fingerprint density at radius 1 is 1.25 bits per heavy atom. The fourth-order valence-corrected chi connectivity index (χ4v) is 3.47. The Hall–Kier alpha value is -2.34. The van der Waals surface area contributed by atoms with Crippen LogP contribution in [0, 0.1) is 5.82 Å². The van der Waals surface area contributed by atoms with Crippen LogP contribution in [0.2, 0.25) is 0 Å². The van der Waals surface area contributed by atoms with Crippen molar-refractivity contribution in [3.63, 3.8) is 0 Å². The second-order valence-electron chi connectivity index (χ2n) is 5.62. The van der Waals surface area contributed by atoms with Crippen LogP contribution in [0.3, 0.4) is 0 Å². The Morgan fingerprint density at radius 3 is 2.71 bits per heavy atom. The number of benzene rings is 2. The Kier molecular flexibility index (Phi) is 4.85. The van der Waals surface area contributed by atoms with E-state index >= 15 is 0 Å². The third-order valence-electron chi connectivity index (χ3n) is 3.80. The number of halogens is 1. The van der Waals surface area contributed by atoms with Crippen molar-refractivity contribution in [1.82, 2.24) is 0 Å². The molecule has 0 unspecified atom stereocenters. The molecule has 124 valence electrons. The second-order valence-corrected chi connectivity index (χ2v) is 6.67. The van der Waals surface area contributed by atoms with E-state index in [0.29, 0.717) is 11.4 Å². The molecule has 0 fully saturated rings. The molecule has 0 saturated heterocycles. The zero-order valence-electron chi connectivity index (χ0n) is 13.2. The van der Waals surface area contributed by atoms with Gasteiger partial charge in [0.15, 0.2) is 0 Å². The molecule has 2 amide bonds. The van der Waals surface area contributed by atoms with Crippen LogP contribution in [0.1, 0.15) is 13.3 Å². The number of nitrogens with one attached hydrogen (secondary N) is 1. The summed E-state index contributed by atoms with van der Waals surface area (Å²) in [6, 6.07) is 13.1. The molecule has 1 N–H and O–H groups in total. The molecule has 1 aliphatic heterocycles. The summed E-state index contributed by atoms with van der Waals surface area (Å²) >= 11 is 1.35. The number of thioether (sulfide) groups is 1. The van der Waals surface area contributed by atoms with Gasteiger partial charge in [0.2, 0.25) is 11.8 Å². The van der Waals surface area contributed by atoms with Gasteiger partial charge in [0, 0.05) is 17.4 Å². The largest absolute Gasteiger partial charge is 0.324 e. The molecule has 2 aromatic carbocycles. The minimum Gasteiger partial charge on any atom is -0.324 e. The zero-order chi connectivity index (χ0) is 17.1. The van der Waals surface area contributed by atoms with Gasteiger partial charge in [0.05, 0.1) is 17.1 Å². The van der Waals surface area contributed by atoms with E-state index in [1.54, 1.807) is 23.1 Å². The number of rotatable bonds is 3. The van der Waals surface area contributed by atoms with Crippen molar-refractivity contribution in [2.24, 2.45) is 0 Å². The molecule has 0 saturated carbocycles. The molecular formula is C18H17FN2O2S. The standard InChI is InChI=1S/C18H17FN2O2S/c1-12-10-17(22)20-15-4-2-3-5-16(15)21(12)18(23)11-24-14-8-6-13(19)7-9-14/h2-9,12H,10-11H2,1H3,(H,20,22)/t12-/m1/s1. The number of amides is 2. The van der Waals surface area contributed by atoms with Gasteiger partial charge in [-0.3, -0.25) is 9.59 Å². The van der Waals surface area contributed by atoms with Gasteiger partial charge in [-0.1, -0.05) is 12.1 Å². The van der Waals surface area contributed by atoms with Crippen molar-refractivity contribution in [3.05, 3.63) is 54.3 Å². The summed E-state index contributed by atoms with van der Waals surface area (Å²) in [6.45, 7) is 1.86. The van der Waals surface area contributed by atoms with Crippen molar-refractivity contribution in [2.75, 3.05) is 16.0 Å². The SMILES string of the molecule is C[C@@H]1CC(=O)Nc2ccccc2N1C(=O)CSc1ccc(F)cc1. The highest BCUT2D eigenvalue weighted by Crippen LogP contribution is 2.32. The predicted octanol–water partition coefficient (Wildman–Crippen LogP) is 3.68. The monoisotopic (exact) mass is 344 g/mol. The van der Waals surface area contributed by atoms with Crippen molar-refractivity contribution >= 4 is 35.0 Å². The van der Waals surface area contributed by atoms with E-state index in [1.807, 2.05) is 25.1 Å². The normalized spacial score (nSPS) is 17.0. The molecule has 4 nitrogen and oxygen atoms in total. The van der Waals surface area contributed by atoms with Gasteiger partial charge >= 0.3 is 0 Å². The van der Waals surface area contributed by atoms with Crippen LogP contribution in [0.5, 0.6) is 0 Å². The molecule has 6 heteroatoms. The first-order chi connectivity index (χ1) is 11.5. The van der Waals surface area contributed by atoms with E-state index in [4.69, 9.17) is 0 Å². The molecule has 0 aliphatic carbocycles. The lowest BCUT2D eigenvalue weighted by atomic mass is 10.2. The number of hydrogen-bond donors (Lipinski definition) is 1. The predicted molar refractivity (Wildman–Crippen MR) is 93.8 cm³/mol. The first-order valence-electron chi connectivity index (χ1n) is 7.64. The molecule has 2 aromatic rings. The quantitative estimate of drug-likeness (QED) is 0.864. The van der Waals surface area contributed by atoms with Crippen molar-refractivity contribution in [2.45, 2.75) is 24.3 Å². The average molecular weight is 344 g/mol.